The second kappa shape index (κ2) is 59.7. The Morgan fingerprint density at radius 3 is 1.13 bits per heavy atom. The fourth-order valence-corrected chi connectivity index (χ4v) is 9.63. The van der Waals surface area contributed by atoms with Crippen LogP contribution in [0.25, 0.3) is 0 Å². The van der Waals surface area contributed by atoms with Crippen LogP contribution in [0, 0.1) is 0 Å². The number of aliphatic hydroxyl groups excluding tert-OH is 2. The van der Waals surface area contributed by atoms with E-state index in [1.54, 1.807) is 0 Å². The summed E-state index contributed by atoms with van der Waals surface area (Å²) in [7, 11) is 0. The van der Waals surface area contributed by atoms with Crippen LogP contribution in [-0.2, 0) is 42.9 Å². The van der Waals surface area contributed by atoms with Gasteiger partial charge >= 0.3 is 23.9 Å². The molecule has 0 aromatic heterocycles. The number of hydrogen-bond acceptors (Lipinski definition) is 11. The third kappa shape index (κ3) is 49.1. The molecule has 484 valence electrons. The van der Waals surface area contributed by atoms with E-state index in [1.807, 2.05) is 0 Å². The summed E-state index contributed by atoms with van der Waals surface area (Å²) in [6.07, 6.45) is 68.9. The van der Waals surface area contributed by atoms with E-state index in [2.05, 4.69) is 130 Å². The quantitative estimate of drug-likeness (QED) is 0.0228. The molecule has 1 fully saturated rings. The standard InChI is InChI=1S/C73H120O12/c1-4-7-10-13-16-19-22-25-28-31-33-36-38-41-44-47-50-53-56-59-65(74)81-62-64(83-66(75)60-57-54-51-48-45-42-39-35-30-27-24-21-18-15-12-9-6-3)63-82-73-71(69(78)68(77)70(85-73)72(79)80)84-67(76)61-58-55-52-49-46-43-40-37-34-32-29-26-23-20-17-14-11-8-5-2/h9,12,16-21,25-30,34,37,39,42,64,68-71,73,77-78H,4-8,10-11,13-15,22-24,31-33,35-36,38,40-41,43-63H2,1-3H3,(H,79,80)/b12-9-,19-16-,20-17-,21-18-,28-25-,29-26-,30-27-,37-34-,42-39-. The molecule has 85 heavy (non-hydrogen) atoms. The van der Waals surface area contributed by atoms with Crippen molar-refractivity contribution in [3.8, 4) is 0 Å². The van der Waals surface area contributed by atoms with Crippen LogP contribution in [0.15, 0.2) is 109 Å². The Labute approximate surface area is 516 Å². The van der Waals surface area contributed by atoms with Gasteiger partial charge in [-0.15, -0.1) is 0 Å². The summed E-state index contributed by atoms with van der Waals surface area (Å²) in [5, 5.41) is 31.6. The molecule has 1 heterocycles. The van der Waals surface area contributed by atoms with Gasteiger partial charge in [0.1, 0.15) is 18.8 Å². The van der Waals surface area contributed by atoms with Gasteiger partial charge < -0.3 is 39.0 Å². The molecule has 0 bridgehead atoms. The molecular formula is C73H120O12. The van der Waals surface area contributed by atoms with E-state index in [0.29, 0.717) is 19.3 Å². The van der Waals surface area contributed by atoms with Gasteiger partial charge in [0.25, 0.3) is 0 Å². The van der Waals surface area contributed by atoms with Crippen LogP contribution in [0.2, 0.25) is 0 Å². The Morgan fingerprint density at radius 1 is 0.400 bits per heavy atom. The fraction of sp³-hybridized carbons (Fsp3) is 0.699. The zero-order chi connectivity index (χ0) is 61.7. The number of carboxylic acids is 1. The van der Waals surface area contributed by atoms with Crippen LogP contribution < -0.4 is 0 Å². The molecule has 0 aromatic rings. The first-order chi connectivity index (χ1) is 41.6. The predicted molar refractivity (Wildman–Crippen MR) is 349 cm³/mol. The lowest BCUT2D eigenvalue weighted by Crippen LogP contribution is -2.61. The summed E-state index contributed by atoms with van der Waals surface area (Å²) >= 11 is 0. The summed E-state index contributed by atoms with van der Waals surface area (Å²) in [4.78, 5) is 51.4. The molecule has 0 radical (unpaired) electrons. The molecular weight excluding hydrogens is 1070 g/mol. The maximum Gasteiger partial charge on any atom is 0.335 e. The number of aliphatic hydroxyl groups is 2. The van der Waals surface area contributed by atoms with Gasteiger partial charge in [-0.3, -0.25) is 14.4 Å². The number of carbonyl (C=O) groups is 4. The van der Waals surface area contributed by atoms with E-state index in [4.69, 9.17) is 23.7 Å². The molecule has 3 N–H and O–H groups in total. The van der Waals surface area contributed by atoms with E-state index >= 15 is 0 Å². The first-order valence-electron chi connectivity index (χ1n) is 33.9. The number of rotatable bonds is 57. The monoisotopic (exact) mass is 1190 g/mol. The molecule has 1 aliphatic heterocycles. The Bertz CT molecular complexity index is 1890. The van der Waals surface area contributed by atoms with E-state index in [0.717, 1.165) is 141 Å². The molecule has 6 atom stereocenters. The molecule has 12 heteroatoms. The van der Waals surface area contributed by atoms with Gasteiger partial charge in [0.15, 0.2) is 24.6 Å². The Hall–Kier alpha value is -4.62. The average molecular weight is 1190 g/mol. The van der Waals surface area contributed by atoms with Gasteiger partial charge in [0, 0.05) is 19.3 Å². The van der Waals surface area contributed by atoms with Gasteiger partial charge in [0.2, 0.25) is 0 Å². The first-order valence-corrected chi connectivity index (χ1v) is 33.9. The van der Waals surface area contributed by atoms with E-state index < -0.39 is 67.3 Å². The molecule has 12 nitrogen and oxygen atoms in total. The lowest BCUT2D eigenvalue weighted by Gasteiger charge is -2.40. The van der Waals surface area contributed by atoms with Crippen LogP contribution in [0.4, 0.5) is 0 Å². The van der Waals surface area contributed by atoms with Crippen molar-refractivity contribution < 1.29 is 58.2 Å². The highest BCUT2D eigenvalue weighted by Gasteiger charge is 2.50. The lowest BCUT2D eigenvalue weighted by molar-refractivity contribution is -0.301. The van der Waals surface area contributed by atoms with Crippen LogP contribution in [0.1, 0.15) is 278 Å². The molecule has 0 saturated carbocycles. The number of ether oxygens (including phenoxy) is 5. The SMILES string of the molecule is CC/C=C\C/C=C\C/C=C\C/C=C\CCCCCCC(=O)OC(COC(=O)CCCCCCCCCCC/C=C\C/C=C\CCCCC)COC1OC(C(=O)O)C(O)C(O)C1OC(=O)CCCCCCCC/C=C\C/C=C\C/C=C\CCCCC. The number of carbonyl (C=O) groups excluding carboxylic acids is 3. The predicted octanol–water partition coefficient (Wildman–Crippen LogP) is 18.6. The van der Waals surface area contributed by atoms with E-state index in [9.17, 15) is 34.5 Å². The first kappa shape index (κ1) is 78.4. The van der Waals surface area contributed by atoms with E-state index in [1.165, 1.54) is 77.0 Å². The summed E-state index contributed by atoms with van der Waals surface area (Å²) in [5.74, 6) is -3.17. The molecule has 0 spiro atoms. The lowest BCUT2D eigenvalue weighted by atomic mass is 9.98. The van der Waals surface area contributed by atoms with Crippen LogP contribution in [0.5, 0.6) is 0 Å². The minimum atomic E-state index is -1.92. The average Bonchev–Trinajstić information content (AvgIpc) is 3.53. The van der Waals surface area contributed by atoms with Crippen molar-refractivity contribution in [1.82, 2.24) is 0 Å². The fourth-order valence-electron chi connectivity index (χ4n) is 9.63. The van der Waals surface area contributed by atoms with Crippen molar-refractivity contribution in [3.63, 3.8) is 0 Å². The maximum absolute atomic E-state index is 13.2. The number of carboxylic acid groups (broad SMARTS) is 1. The largest absolute Gasteiger partial charge is 0.479 e. The number of hydrogen-bond donors (Lipinski definition) is 3. The van der Waals surface area contributed by atoms with Crippen LogP contribution >= 0.6 is 0 Å². The third-order valence-corrected chi connectivity index (χ3v) is 14.8. The zero-order valence-electron chi connectivity index (χ0n) is 53.6. The minimum absolute atomic E-state index is 0.0379. The van der Waals surface area contributed by atoms with Gasteiger partial charge in [-0.2, -0.15) is 0 Å². The highest BCUT2D eigenvalue weighted by molar-refractivity contribution is 5.74. The molecule has 1 aliphatic rings. The number of aliphatic carboxylic acids is 1. The zero-order valence-corrected chi connectivity index (χ0v) is 53.6. The summed E-state index contributed by atoms with van der Waals surface area (Å²) in [6.45, 7) is 5.83. The number of allylic oxidation sites excluding steroid dienone is 18. The van der Waals surface area contributed by atoms with Crippen molar-refractivity contribution in [2.75, 3.05) is 13.2 Å². The van der Waals surface area contributed by atoms with Crippen molar-refractivity contribution in [2.24, 2.45) is 0 Å². The summed E-state index contributed by atoms with van der Waals surface area (Å²) in [5.41, 5.74) is 0. The second-order valence-electron chi connectivity index (χ2n) is 22.7. The number of esters is 3. The Balaban J connectivity index is 2.68. The van der Waals surface area contributed by atoms with Gasteiger partial charge in [-0.1, -0.05) is 239 Å². The smallest absolute Gasteiger partial charge is 0.335 e. The molecule has 0 aromatic carbocycles. The van der Waals surface area contributed by atoms with Crippen LogP contribution in [0.3, 0.4) is 0 Å². The van der Waals surface area contributed by atoms with Crippen LogP contribution in [-0.4, -0.2) is 89.2 Å². The molecule has 0 aliphatic carbocycles. The topological polar surface area (TPSA) is 175 Å². The molecule has 1 rings (SSSR count). The number of unbranched alkanes of at least 4 members (excludes halogenated alkanes) is 25. The molecule has 1 saturated heterocycles. The van der Waals surface area contributed by atoms with Gasteiger partial charge in [-0.05, 0) is 128 Å². The van der Waals surface area contributed by atoms with E-state index in [-0.39, 0.29) is 25.9 Å². The molecule has 0 amide bonds. The van der Waals surface area contributed by atoms with Crippen molar-refractivity contribution in [2.45, 2.75) is 314 Å². The van der Waals surface area contributed by atoms with Gasteiger partial charge in [0.05, 0.1) is 6.61 Å². The van der Waals surface area contributed by atoms with Crippen molar-refractivity contribution in [1.29, 1.82) is 0 Å². The molecule has 6 unspecified atom stereocenters. The van der Waals surface area contributed by atoms with Crippen molar-refractivity contribution >= 4 is 23.9 Å². The second-order valence-corrected chi connectivity index (χ2v) is 22.7. The summed E-state index contributed by atoms with van der Waals surface area (Å²) in [6, 6.07) is 0. The Morgan fingerprint density at radius 2 is 0.741 bits per heavy atom. The third-order valence-electron chi connectivity index (χ3n) is 14.8. The minimum Gasteiger partial charge on any atom is -0.479 e. The maximum atomic E-state index is 13.2. The highest BCUT2D eigenvalue weighted by atomic mass is 16.7. The Kier molecular flexibility index (Phi) is 55.1. The highest BCUT2D eigenvalue weighted by Crippen LogP contribution is 2.27. The summed E-state index contributed by atoms with van der Waals surface area (Å²) < 4.78 is 28.5. The normalized spacial score (nSPS) is 18.2. The van der Waals surface area contributed by atoms with Gasteiger partial charge in [-0.25, -0.2) is 4.79 Å². The van der Waals surface area contributed by atoms with Crippen molar-refractivity contribution in [3.05, 3.63) is 109 Å².